The van der Waals surface area contributed by atoms with E-state index in [-0.39, 0.29) is 30.5 Å². The SMILES string of the molecule is COc1cccc(CN2C(=O)CN(C3CCC(C)CC3)C(=O)[C@@H]2c2ccc(OC(C)C)c(OC)c2)c1. The third kappa shape index (κ3) is 5.61. The van der Waals surface area contributed by atoms with Crippen molar-refractivity contribution in [2.75, 3.05) is 20.8 Å². The lowest BCUT2D eigenvalue weighted by Gasteiger charge is -2.45. The van der Waals surface area contributed by atoms with Crippen LogP contribution >= 0.6 is 0 Å². The highest BCUT2D eigenvalue weighted by atomic mass is 16.5. The van der Waals surface area contributed by atoms with Crippen LogP contribution in [0.15, 0.2) is 42.5 Å². The van der Waals surface area contributed by atoms with E-state index in [9.17, 15) is 9.59 Å². The molecular formula is C29H38N2O5. The van der Waals surface area contributed by atoms with Crippen LogP contribution in [0.4, 0.5) is 0 Å². The van der Waals surface area contributed by atoms with E-state index in [2.05, 4.69) is 6.92 Å². The van der Waals surface area contributed by atoms with Crippen LogP contribution in [0.2, 0.25) is 0 Å². The number of hydrogen-bond donors (Lipinski definition) is 0. The van der Waals surface area contributed by atoms with Crippen LogP contribution in [0.25, 0.3) is 0 Å². The zero-order chi connectivity index (χ0) is 25.8. The summed E-state index contributed by atoms with van der Waals surface area (Å²) < 4.78 is 16.9. The van der Waals surface area contributed by atoms with Crippen LogP contribution in [0.3, 0.4) is 0 Å². The van der Waals surface area contributed by atoms with E-state index in [0.717, 1.165) is 42.6 Å². The van der Waals surface area contributed by atoms with Crippen LogP contribution in [-0.4, -0.2) is 54.5 Å². The van der Waals surface area contributed by atoms with Crippen molar-refractivity contribution in [3.05, 3.63) is 53.6 Å². The van der Waals surface area contributed by atoms with Crippen molar-refractivity contribution in [2.45, 2.75) is 71.2 Å². The average molecular weight is 495 g/mol. The van der Waals surface area contributed by atoms with E-state index >= 15 is 0 Å². The molecule has 0 N–H and O–H groups in total. The lowest BCUT2D eigenvalue weighted by Crippen LogP contribution is -2.58. The molecule has 0 aromatic heterocycles. The summed E-state index contributed by atoms with van der Waals surface area (Å²) in [5.74, 6) is 2.46. The molecule has 2 aromatic rings. The highest BCUT2D eigenvalue weighted by Crippen LogP contribution is 2.38. The number of ether oxygens (including phenoxy) is 3. The van der Waals surface area contributed by atoms with Gasteiger partial charge in [-0.25, -0.2) is 0 Å². The summed E-state index contributed by atoms with van der Waals surface area (Å²) in [6.45, 7) is 6.59. The number of methoxy groups -OCH3 is 2. The monoisotopic (exact) mass is 494 g/mol. The summed E-state index contributed by atoms with van der Waals surface area (Å²) in [7, 11) is 3.21. The van der Waals surface area contributed by atoms with Gasteiger partial charge in [0.2, 0.25) is 5.91 Å². The molecular weight excluding hydrogens is 456 g/mol. The molecule has 2 aromatic carbocycles. The Morgan fingerprint density at radius 3 is 2.36 bits per heavy atom. The third-order valence-corrected chi connectivity index (χ3v) is 7.23. The van der Waals surface area contributed by atoms with Gasteiger partial charge in [-0.05, 0) is 80.8 Å². The van der Waals surface area contributed by atoms with Gasteiger partial charge in [-0.2, -0.15) is 0 Å². The number of carbonyl (C=O) groups is 2. The lowest BCUT2D eigenvalue weighted by molar-refractivity contribution is -0.160. The maximum atomic E-state index is 14.1. The Morgan fingerprint density at radius 2 is 1.69 bits per heavy atom. The molecule has 1 aliphatic carbocycles. The van der Waals surface area contributed by atoms with Crippen molar-refractivity contribution in [1.82, 2.24) is 9.80 Å². The molecule has 2 fully saturated rings. The first-order valence-corrected chi connectivity index (χ1v) is 12.9. The van der Waals surface area contributed by atoms with Crippen LogP contribution in [0.5, 0.6) is 17.2 Å². The molecule has 0 unspecified atom stereocenters. The molecule has 2 aliphatic rings. The third-order valence-electron chi connectivity index (χ3n) is 7.23. The Bertz CT molecular complexity index is 1080. The second kappa shape index (κ2) is 11.2. The predicted octanol–water partition coefficient (Wildman–Crippen LogP) is 4.98. The van der Waals surface area contributed by atoms with Gasteiger partial charge in [-0.3, -0.25) is 9.59 Å². The minimum Gasteiger partial charge on any atom is -0.497 e. The smallest absolute Gasteiger partial charge is 0.250 e. The molecule has 2 amide bonds. The van der Waals surface area contributed by atoms with E-state index < -0.39 is 6.04 Å². The number of benzene rings is 2. The molecule has 7 heteroatoms. The highest BCUT2D eigenvalue weighted by Gasteiger charge is 2.43. The Balaban J connectivity index is 1.71. The van der Waals surface area contributed by atoms with Crippen molar-refractivity contribution < 1.29 is 23.8 Å². The zero-order valence-corrected chi connectivity index (χ0v) is 22.0. The maximum Gasteiger partial charge on any atom is 0.250 e. The Labute approximate surface area is 214 Å². The number of piperazine rings is 1. The van der Waals surface area contributed by atoms with E-state index in [1.807, 2.05) is 61.2 Å². The second-order valence-electron chi connectivity index (χ2n) is 10.2. The molecule has 1 saturated carbocycles. The summed E-state index contributed by atoms with van der Waals surface area (Å²) >= 11 is 0. The molecule has 194 valence electrons. The average Bonchev–Trinajstić information content (AvgIpc) is 2.87. The molecule has 1 aliphatic heterocycles. The van der Waals surface area contributed by atoms with Crippen molar-refractivity contribution in [1.29, 1.82) is 0 Å². The number of hydrogen-bond acceptors (Lipinski definition) is 5. The summed E-state index contributed by atoms with van der Waals surface area (Å²) in [5.41, 5.74) is 1.63. The topological polar surface area (TPSA) is 68.3 Å². The molecule has 0 spiro atoms. The largest absolute Gasteiger partial charge is 0.497 e. The van der Waals surface area contributed by atoms with E-state index in [1.54, 1.807) is 19.1 Å². The van der Waals surface area contributed by atoms with Crippen molar-refractivity contribution in [3.63, 3.8) is 0 Å². The Kier molecular flexibility index (Phi) is 8.07. The predicted molar refractivity (Wildman–Crippen MR) is 138 cm³/mol. The fourth-order valence-electron chi connectivity index (χ4n) is 5.29. The minimum atomic E-state index is -0.737. The van der Waals surface area contributed by atoms with Gasteiger partial charge in [-0.1, -0.05) is 25.1 Å². The van der Waals surface area contributed by atoms with Gasteiger partial charge >= 0.3 is 0 Å². The first kappa shape index (κ1) is 25.9. The molecule has 0 bridgehead atoms. The number of carbonyl (C=O) groups excluding carboxylic acids is 2. The van der Waals surface area contributed by atoms with Crippen LogP contribution in [-0.2, 0) is 16.1 Å². The van der Waals surface area contributed by atoms with E-state index in [0.29, 0.717) is 24.0 Å². The molecule has 0 radical (unpaired) electrons. The van der Waals surface area contributed by atoms with Gasteiger partial charge < -0.3 is 24.0 Å². The number of amides is 2. The fraction of sp³-hybridized carbons (Fsp3) is 0.517. The number of rotatable bonds is 8. The van der Waals surface area contributed by atoms with E-state index in [1.165, 1.54) is 0 Å². The summed E-state index contributed by atoms with van der Waals surface area (Å²) in [5, 5.41) is 0. The molecule has 7 nitrogen and oxygen atoms in total. The van der Waals surface area contributed by atoms with Crippen molar-refractivity contribution in [3.8, 4) is 17.2 Å². The molecule has 1 saturated heterocycles. The van der Waals surface area contributed by atoms with Gasteiger partial charge in [0.25, 0.3) is 5.91 Å². The van der Waals surface area contributed by atoms with Gasteiger partial charge in [0.1, 0.15) is 18.3 Å². The van der Waals surface area contributed by atoms with Crippen molar-refractivity contribution >= 4 is 11.8 Å². The molecule has 1 heterocycles. The van der Waals surface area contributed by atoms with Gasteiger partial charge in [0.05, 0.1) is 20.3 Å². The first-order valence-electron chi connectivity index (χ1n) is 12.9. The Morgan fingerprint density at radius 1 is 0.944 bits per heavy atom. The second-order valence-corrected chi connectivity index (χ2v) is 10.2. The van der Waals surface area contributed by atoms with Gasteiger partial charge in [-0.15, -0.1) is 0 Å². The van der Waals surface area contributed by atoms with Crippen LogP contribution in [0.1, 0.15) is 63.6 Å². The Hall–Kier alpha value is -3.22. The standard InChI is InChI=1S/C29H38N2O5/c1-19(2)36-25-14-11-22(16-26(25)35-5)28-29(33)30(23-12-9-20(3)10-13-23)18-27(32)31(28)17-21-7-6-8-24(15-21)34-4/h6-8,11,14-16,19-20,23,28H,9-10,12-13,17-18H2,1-5H3/t20?,23?,28-/m0/s1. The quantitative estimate of drug-likeness (QED) is 0.518. The summed E-state index contributed by atoms with van der Waals surface area (Å²) in [6.07, 6.45) is 4.02. The minimum absolute atomic E-state index is 0.0172. The number of nitrogens with zero attached hydrogens (tertiary/aromatic N) is 2. The summed E-state index contributed by atoms with van der Waals surface area (Å²) in [4.78, 5) is 31.2. The lowest BCUT2D eigenvalue weighted by atomic mass is 9.85. The van der Waals surface area contributed by atoms with Gasteiger partial charge in [0.15, 0.2) is 11.5 Å². The van der Waals surface area contributed by atoms with Crippen LogP contribution in [0, 0.1) is 5.92 Å². The molecule has 4 rings (SSSR count). The van der Waals surface area contributed by atoms with Crippen molar-refractivity contribution in [2.24, 2.45) is 5.92 Å². The first-order chi connectivity index (χ1) is 17.3. The van der Waals surface area contributed by atoms with E-state index in [4.69, 9.17) is 14.2 Å². The maximum absolute atomic E-state index is 14.1. The molecule has 1 atom stereocenters. The highest BCUT2D eigenvalue weighted by molar-refractivity contribution is 5.96. The molecule has 36 heavy (non-hydrogen) atoms. The zero-order valence-electron chi connectivity index (χ0n) is 22.0. The normalized spacial score (nSPS) is 22.7. The fourth-order valence-corrected chi connectivity index (χ4v) is 5.29. The van der Waals surface area contributed by atoms with Gasteiger partial charge in [0, 0.05) is 12.6 Å². The summed E-state index contributed by atoms with van der Waals surface area (Å²) in [6, 6.07) is 12.5. The van der Waals surface area contributed by atoms with Crippen LogP contribution < -0.4 is 14.2 Å².